The second-order valence-electron chi connectivity index (χ2n) is 7.09. The molecule has 4 rings (SSSR count). The summed E-state index contributed by atoms with van der Waals surface area (Å²) in [6, 6.07) is 1.54. The largest absolute Gasteiger partial charge is 0.335 e. The fraction of sp³-hybridized carbons (Fsp3) is 0.611. The van der Waals surface area contributed by atoms with Crippen molar-refractivity contribution in [3.63, 3.8) is 0 Å². The van der Waals surface area contributed by atoms with E-state index in [0.717, 1.165) is 52.0 Å². The van der Waals surface area contributed by atoms with Crippen LogP contribution in [0.25, 0.3) is 0 Å². The summed E-state index contributed by atoms with van der Waals surface area (Å²) in [6.07, 6.45) is 11.4. The van der Waals surface area contributed by atoms with Gasteiger partial charge in [-0.15, -0.1) is 0 Å². The minimum atomic E-state index is 0.0519. The molecular formula is C18H25N5O. The number of fused-ring (bicyclic) bond motifs is 1. The van der Waals surface area contributed by atoms with Crippen molar-refractivity contribution < 1.29 is 0 Å². The van der Waals surface area contributed by atoms with Crippen molar-refractivity contribution in [2.24, 2.45) is 5.92 Å². The number of hydrogen-bond acceptors (Lipinski definition) is 4. The first-order chi connectivity index (χ1) is 11.8. The van der Waals surface area contributed by atoms with Crippen LogP contribution < -0.4 is 5.56 Å². The topological polar surface area (TPSA) is 56.0 Å². The van der Waals surface area contributed by atoms with E-state index in [1.807, 2.05) is 0 Å². The Morgan fingerprint density at radius 1 is 1.17 bits per heavy atom. The fourth-order valence-corrected chi connectivity index (χ4v) is 3.90. The van der Waals surface area contributed by atoms with Crippen LogP contribution in [0.4, 0.5) is 0 Å². The quantitative estimate of drug-likeness (QED) is 0.857. The van der Waals surface area contributed by atoms with E-state index in [4.69, 9.17) is 4.98 Å². The third kappa shape index (κ3) is 3.43. The smallest absolute Gasteiger partial charge is 0.253 e. The Morgan fingerprint density at radius 2 is 2.04 bits per heavy atom. The molecule has 0 unspecified atom stereocenters. The zero-order valence-electron chi connectivity index (χ0n) is 14.1. The average molecular weight is 327 g/mol. The van der Waals surface area contributed by atoms with Gasteiger partial charge in [0.25, 0.3) is 5.56 Å². The lowest BCUT2D eigenvalue weighted by Crippen LogP contribution is -2.36. The van der Waals surface area contributed by atoms with E-state index in [2.05, 4.69) is 20.6 Å². The number of likely N-dealkylation sites (tertiary alicyclic amines) is 1. The predicted molar refractivity (Wildman–Crippen MR) is 91.7 cm³/mol. The van der Waals surface area contributed by atoms with Crippen LogP contribution in [0.15, 0.2) is 29.6 Å². The number of aromatic nitrogens is 4. The lowest BCUT2D eigenvalue weighted by atomic mass is 9.96. The van der Waals surface area contributed by atoms with Gasteiger partial charge in [-0.1, -0.05) is 0 Å². The van der Waals surface area contributed by atoms with E-state index < -0.39 is 0 Å². The minimum absolute atomic E-state index is 0.0519. The summed E-state index contributed by atoms with van der Waals surface area (Å²) < 4.78 is 4.07. The third-order valence-electron chi connectivity index (χ3n) is 5.30. The van der Waals surface area contributed by atoms with E-state index in [-0.39, 0.29) is 5.56 Å². The maximum Gasteiger partial charge on any atom is 0.253 e. The van der Waals surface area contributed by atoms with Gasteiger partial charge < -0.3 is 4.57 Å². The molecule has 0 aromatic carbocycles. The van der Waals surface area contributed by atoms with Crippen LogP contribution in [-0.2, 0) is 26.1 Å². The molecule has 2 aliphatic heterocycles. The Labute approximate surface area is 142 Å². The average Bonchev–Trinajstić information content (AvgIpc) is 3.01. The molecule has 4 heterocycles. The van der Waals surface area contributed by atoms with Crippen LogP contribution in [0.1, 0.15) is 37.2 Å². The van der Waals surface area contributed by atoms with E-state index >= 15 is 0 Å². The number of imidazole rings is 1. The maximum absolute atomic E-state index is 11.8. The molecule has 6 nitrogen and oxygen atoms in total. The molecule has 128 valence electrons. The normalized spacial score (nSPS) is 19.3. The van der Waals surface area contributed by atoms with E-state index in [0.29, 0.717) is 5.92 Å². The maximum atomic E-state index is 11.8. The molecule has 2 aromatic heterocycles. The van der Waals surface area contributed by atoms with Crippen LogP contribution in [0, 0.1) is 5.92 Å². The molecule has 1 saturated heterocycles. The number of rotatable bonds is 4. The molecule has 0 spiro atoms. The van der Waals surface area contributed by atoms with Gasteiger partial charge in [-0.05, 0) is 44.7 Å². The van der Waals surface area contributed by atoms with E-state index in [9.17, 15) is 4.79 Å². The van der Waals surface area contributed by atoms with E-state index in [1.165, 1.54) is 30.4 Å². The summed E-state index contributed by atoms with van der Waals surface area (Å²) in [7, 11) is 0. The zero-order valence-corrected chi connectivity index (χ0v) is 14.1. The Balaban J connectivity index is 1.31. The lowest BCUT2D eigenvalue weighted by molar-refractivity contribution is 0.165. The molecule has 0 saturated carbocycles. The molecule has 0 N–H and O–H groups in total. The van der Waals surface area contributed by atoms with Crippen molar-refractivity contribution in [1.82, 2.24) is 24.0 Å². The van der Waals surface area contributed by atoms with Crippen molar-refractivity contribution in [1.29, 1.82) is 0 Å². The summed E-state index contributed by atoms with van der Waals surface area (Å²) in [4.78, 5) is 23.2. The summed E-state index contributed by atoms with van der Waals surface area (Å²) in [5.41, 5.74) is 1.27. The fourth-order valence-electron chi connectivity index (χ4n) is 3.90. The van der Waals surface area contributed by atoms with Crippen LogP contribution in [0.2, 0.25) is 0 Å². The first kappa shape index (κ1) is 15.6. The summed E-state index contributed by atoms with van der Waals surface area (Å²) in [5.74, 6) is 1.83. The second kappa shape index (κ2) is 6.89. The van der Waals surface area contributed by atoms with Crippen molar-refractivity contribution in [2.45, 2.75) is 51.7 Å². The summed E-state index contributed by atoms with van der Waals surface area (Å²) >= 11 is 0. The Kier molecular flexibility index (Phi) is 4.47. The summed E-state index contributed by atoms with van der Waals surface area (Å²) in [6.45, 7) is 5.05. The van der Waals surface area contributed by atoms with Crippen LogP contribution >= 0.6 is 0 Å². The first-order valence-electron chi connectivity index (χ1n) is 9.06. The van der Waals surface area contributed by atoms with E-state index in [1.54, 1.807) is 17.1 Å². The molecule has 1 fully saturated rings. The minimum Gasteiger partial charge on any atom is -0.335 e. The van der Waals surface area contributed by atoms with Gasteiger partial charge in [0.2, 0.25) is 0 Å². The molecule has 0 amide bonds. The second-order valence-corrected chi connectivity index (χ2v) is 7.09. The molecule has 2 aromatic rings. The van der Waals surface area contributed by atoms with Crippen molar-refractivity contribution >= 4 is 0 Å². The van der Waals surface area contributed by atoms with Gasteiger partial charge in [-0.3, -0.25) is 14.3 Å². The standard InChI is InChI=1S/C18H25N5O/c24-18-4-7-19-14-23(18)11-15-5-9-21(10-6-15)12-16-13-22-8-2-1-3-17(22)20-16/h4,7,13-15H,1-3,5-6,8-12H2. The highest BCUT2D eigenvalue weighted by Crippen LogP contribution is 2.21. The molecule has 0 aliphatic carbocycles. The molecule has 0 atom stereocenters. The van der Waals surface area contributed by atoms with Gasteiger partial charge in [-0.25, -0.2) is 9.97 Å². The number of nitrogens with zero attached hydrogens (tertiary/aromatic N) is 5. The van der Waals surface area contributed by atoms with Gasteiger partial charge in [-0.2, -0.15) is 0 Å². The molecule has 24 heavy (non-hydrogen) atoms. The Morgan fingerprint density at radius 3 is 2.83 bits per heavy atom. The van der Waals surface area contributed by atoms with Gasteiger partial charge in [0.1, 0.15) is 5.82 Å². The molecule has 6 heteroatoms. The number of piperidine rings is 1. The first-order valence-corrected chi connectivity index (χ1v) is 9.06. The predicted octanol–water partition coefficient (Wildman–Crippen LogP) is 1.69. The molecule has 0 bridgehead atoms. The third-order valence-corrected chi connectivity index (χ3v) is 5.30. The lowest BCUT2D eigenvalue weighted by Gasteiger charge is -2.31. The van der Waals surface area contributed by atoms with Crippen molar-refractivity contribution in [2.75, 3.05) is 13.1 Å². The highest BCUT2D eigenvalue weighted by molar-refractivity contribution is 5.06. The Hall–Kier alpha value is -1.95. The van der Waals surface area contributed by atoms with Gasteiger partial charge in [0.15, 0.2) is 0 Å². The zero-order chi connectivity index (χ0) is 16.4. The SMILES string of the molecule is O=c1ccncn1CC1CCN(Cc2cn3c(n2)CCCC3)CC1. The number of hydrogen-bond donors (Lipinski definition) is 0. The van der Waals surface area contributed by atoms with Crippen LogP contribution in [0.3, 0.4) is 0 Å². The molecule has 2 aliphatic rings. The molecular weight excluding hydrogens is 302 g/mol. The Bertz CT molecular complexity index is 718. The van der Waals surface area contributed by atoms with Crippen LogP contribution in [0.5, 0.6) is 0 Å². The monoisotopic (exact) mass is 327 g/mol. The summed E-state index contributed by atoms with van der Waals surface area (Å²) in [5, 5.41) is 0. The highest BCUT2D eigenvalue weighted by Gasteiger charge is 2.21. The van der Waals surface area contributed by atoms with Crippen LogP contribution in [-0.4, -0.2) is 37.1 Å². The van der Waals surface area contributed by atoms with Crippen molar-refractivity contribution in [3.8, 4) is 0 Å². The van der Waals surface area contributed by atoms with Gasteiger partial charge >= 0.3 is 0 Å². The molecule has 0 radical (unpaired) electrons. The number of aryl methyl sites for hydroxylation is 2. The highest BCUT2D eigenvalue weighted by atomic mass is 16.1. The van der Waals surface area contributed by atoms with Gasteiger partial charge in [0.05, 0.1) is 12.0 Å². The van der Waals surface area contributed by atoms with Gasteiger partial charge in [0, 0.05) is 44.5 Å². The van der Waals surface area contributed by atoms with Crippen molar-refractivity contribution in [3.05, 3.63) is 46.7 Å².